The van der Waals surface area contributed by atoms with Gasteiger partial charge in [-0.15, -0.1) is 0 Å². The third-order valence-corrected chi connectivity index (χ3v) is 4.66. The van der Waals surface area contributed by atoms with E-state index in [0.717, 1.165) is 13.2 Å². The van der Waals surface area contributed by atoms with Gasteiger partial charge in [0.05, 0.1) is 5.60 Å². The van der Waals surface area contributed by atoms with Gasteiger partial charge >= 0.3 is 0 Å². The van der Waals surface area contributed by atoms with Crippen molar-refractivity contribution < 1.29 is 4.74 Å². The van der Waals surface area contributed by atoms with Crippen LogP contribution in [0.15, 0.2) is 16.8 Å². The standard InChI is InChI=1S/C13H19NOS/c1-4-13(5-1)8-12(2-6-15-13)14-9-11-3-7-16-10-11/h3,7,10,12,14H,1-2,4-6,8-9H2. The molecule has 1 aliphatic heterocycles. The number of rotatable bonds is 3. The normalized spacial score (nSPS) is 27.9. The fourth-order valence-electron chi connectivity index (χ4n) is 2.78. The van der Waals surface area contributed by atoms with Crippen LogP contribution in [0.5, 0.6) is 0 Å². The Bertz CT molecular complexity index is 332. The molecule has 0 amide bonds. The molecule has 0 aromatic carbocycles. The van der Waals surface area contributed by atoms with Crippen molar-refractivity contribution in [2.45, 2.75) is 50.3 Å². The van der Waals surface area contributed by atoms with Crippen LogP contribution < -0.4 is 5.32 Å². The van der Waals surface area contributed by atoms with E-state index in [1.807, 2.05) is 0 Å². The average Bonchev–Trinajstić information content (AvgIpc) is 2.77. The van der Waals surface area contributed by atoms with Crippen molar-refractivity contribution in [2.75, 3.05) is 6.61 Å². The van der Waals surface area contributed by atoms with Gasteiger partial charge in [0.1, 0.15) is 0 Å². The molecule has 2 fully saturated rings. The lowest BCUT2D eigenvalue weighted by molar-refractivity contribution is -0.135. The van der Waals surface area contributed by atoms with Crippen LogP contribution in [0.25, 0.3) is 0 Å². The van der Waals surface area contributed by atoms with Crippen molar-refractivity contribution in [3.63, 3.8) is 0 Å². The summed E-state index contributed by atoms with van der Waals surface area (Å²) in [5, 5.41) is 8.05. The molecule has 2 aliphatic rings. The first-order valence-corrected chi connectivity index (χ1v) is 7.19. The number of ether oxygens (including phenoxy) is 1. The third kappa shape index (κ3) is 2.17. The molecular weight excluding hydrogens is 218 g/mol. The first-order valence-electron chi connectivity index (χ1n) is 6.25. The lowest BCUT2D eigenvalue weighted by Crippen LogP contribution is -2.50. The zero-order valence-electron chi connectivity index (χ0n) is 9.58. The van der Waals surface area contributed by atoms with Crippen molar-refractivity contribution in [3.8, 4) is 0 Å². The molecule has 1 aromatic heterocycles. The summed E-state index contributed by atoms with van der Waals surface area (Å²) in [5.41, 5.74) is 1.68. The Morgan fingerprint density at radius 2 is 2.44 bits per heavy atom. The van der Waals surface area contributed by atoms with Crippen LogP contribution in [0.2, 0.25) is 0 Å². The van der Waals surface area contributed by atoms with E-state index in [4.69, 9.17) is 4.74 Å². The van der Waals surface area contributed by atoms with Crippen molar-refractivity contribution in [2.24, 2.45) is 0 Å². The second-order valence-corrected chi connectivity index (χ2v) is 5.87. The summed E-state index contributed by atoms with van der Waals surface area (Å²) in [6.45, 7) is 1.96. The van der Waals surface area contributed by atoms with Gasteiger partial charge in [0.2, 0.25) is 0 Å². The van der Waals surface area contributed by atoms with Crippen LogP contribution in [0.4, 0.5) is 0 Å². The first kappa shape index (κ1) is 10.8. The minimum Gasteiger partial charge on any atom is -0.375 e. The summed E-state index contributed by atoms with van der Waals surface area (Å²) in [7, 11) is 0. The van der Waals surface area contributed by atoms with Crippen molar-refractivity contribution in [1.29, 1.82) is 0 Å². The van der Waals surface area contributed by atoms with E-state index >= 15 is 0 Å². The van der Waals surface area contributed by atoms with Crippen LogP contribution in [0, 0.1) is 0 Å². The van der Waals surface area contributed by atoms with E-state index in [0.29, 0.717) is 6.04 Å². The Morgan fingerprint density at radius 3 is 3.12 bits per heavy atom. The molecule has 2 heterocycles. The summed E-state index contributed by atoms with van der Waals surface area (Å²) in [6.07, 6.45) is 6.31. The van der Waals surface area contributed by atoms with Crippen molar-refractivity contribution >= 4 is 11.3 Å². The van der Waals surface area contributed by atoms with Crippen molar-refractivity contribution in [1.82, 2.24) is 5.32 Å². The second-order valence-electron chi connectivity index (χ2n) is 5.09. The highest BCUT2D eigenvalue weighted by atomic mass is 32.1. The highest BCUT2D eigenvalue weighted by Crippen LogP contribution is 2.42. The predicted octanol–water partition coefficient (Wildman–Crippen LogP) is 2.94. The maximum absolute atomic E-state index is 5.93. The van der Waals surface area contributed by atoms with Gasteiger partial charge in [-0.05, 0) is 54.5 Å². The molecule has 2 nitrogen and oxygen atoms in total. The molecule has 1 aromatic rings. The van der Waals surface area contributed by atoms with Gasteiger partial charge in [0.15, 0.2) is 0 Å². The van der Waals surface area contributed by atoms with Gasteiger partial charge in [-0.1, -0.05) is 0 Å². The van der Waals surface area contributed by atoms with Crippen molar-refractivity contribution in [3.05, 3.63) is 22.4 Å². The smallest absolute Gasteiger partial charge is 0.0697 e. The summed E-state index contributed by atoms with van der Waals surface area (Å²) in [4.78, 5) is 0. The molecule has 1 N–H and O–H groups in total. The molecule has 1 atom stereocenters. The Hall–Kier alpha value is -0.380. The average molecular weight is 237 g/mol. The van der Waals surface area contributed by atoms with Crippen LogP contribution in [-0.2, 0) is 11.3 Å². The minimum atomic E-state index is 0.268. The highest BCUT2D eigenvalue weighted by Gasteiger charge is 2.42. The fourth-order valence-corrected chi connectivity index (χ4v) is 3.45. The molecule has 3 rings (SSSR count). The molecule has 3 heteroatoms. The molecule has 1 spiro atoms. The van der Waals surface area contributed by atoms with Gasteiger partial charge in [-0.3, -0.25) is 0 Å². The van der Waals surface area contributed by atoms with Gasteiger partial charge in [0, 0.05) is 19.2 Å². The van der Waals surface area contributed by atoms with Gasteiger partial charge in [-0.25, -0.2) is 0 Å². The van der Waals surface area contributed by atoms with E-state index in [1.165, 1.54) is 37.7 Å². The van der Waals surface area contributed by atoms with Gasteiger partial charge in [0.25, 0.3) is 0 Å². The Balaban J connectivity index is 1.51. The Morgan fingerprint density at radius 1 is 1.50 bits per heavy atom. The van der Waals surface area contributed by atoms with Crippen LogP contribution in [0.3, 0.4) is 0 Å². The monoisotopic (exact) mass is 237 g/mol. The maximum Gasteiger partial charge on any atom is 0.0697 e. The zero-order chi connectivity index (χ0) is 10.8. The number of nitrogens with one attached hydrogen (secondary N) is 1. The number of hydrogen-bond acceptors (Lipinski definition) is 3. The maximum atomic E-state index is 5.93. The Kier molecular flexibility index (Phi) is 3.01. The molecule has 0 radical (unpaired) electrons. The number of thiophene rings is 1. The van der Waals surface area contributed by atoms with E-state index in [2.05, 4.69) is 22.1 Å². The fraction of sp³-hybridized carbons (Fsp3) is 0.692. The lowest BCUT2D eigenvalue weighted by Gasteiger charge is -2.47. The molecule has 1 saturated carbocycles. The van der Waals surface area contributed by atoms with Crippen LogP contribution >= 0.6 is 11.3 Å². The van der Waals surface area contributed by atoms with E-state index in [-0.39, 0.29) is 5.60 Å². The summed E-state index contributed by atoms with van der Waals surface area (Å²) < 4.78 is 5.93. The first-order chi connectivity index (χ1) is 7.86. The third-order valence-electron chi connectivity index (χ3n) is 3.93. The van der Waals surface area contributed by atoms with Gasteiger partial charge in [-0.2, -0.15) is 11.3 Å². The minimum absolute atomic E-state index is 0.268. The summed E-state index contributed by atoms with van der Waals surface area (Å²) in [5.74, 6) is 0. The molecule has 16 heavy (non-hydrogen) atoms. The second kappa shape index (κ2) is 4.47. The van der Waals surface area contributed by atoms with E-state index in [9.17, 15) is 0 Å². The molecular formula is C13H19NOS. The van der Waals surface area contributed by atoms with E-state index in [1.54, 1.807) is 11.3 Å². The largest absolute Gasteiger partial charge is 0.375 e. The predicted molar refractivity (Wildman–Crippen MR) is 66.7 cm³/mol. The molecule has 1 saturated heterocycles. The van der Waals surface area contributed by atoms with E-state index < -0.39 is 0 Å². The topological polar surface area (TPSA) is 21.3 Å². The summed E-state index contributed by atoms with van der Waals surface area (Å²) >= 11 is 1.78. The SMILES string of the molecule is c1cc(CNC2CCOC3(CCC3)C2)cs1. The number of hydrogen-bond donors (Lipinski definition) is 1. The molecule has 0 bridgehead atoms. The molecule has 1 unspecified atom stereocenters. The van der Waals surface area contributed by atoms with Crippen LogP contribution in [0.1, 0.15) is 37.7 Å². The zero-order valence-corrected chi connectivity index (χ0v) is 10.4. The van der Waals surface area contributed by atoms with Gasteiger partial charge < -0.3 is 10.1 Å². The highest BCUT2D eigenvalue weighted by molar-refractivity contribution is 7.07. The Labute approximate surface area is 101 Å². The lowest BCUT2D eigenvalue weighted by atomic mass is 9.74. The van der Waals surface area contributed by atoms with Crippen LogP contribution in [-0.4, -0.2) is 18.2 Å². The summed E-state index contributed by atoms with van der Waals surface area (Å²) in [6, 6.07) is 2.87. The molecule has 1 aliphatic carbocycles. The molecule has 88 valence electrons. The quantitative estimate of drug-likeness (QED) is 0.872.